The van der Waals surface area contributed by atoms with Gasteiger partial charge in [0.05, 0.1) is 22.9 Å². The van der Waals surface area contributed by atoms with E-state index in [-0.39, 0.29) is 23.1 Å². The van der Waals surface area contributed by atoms with E-state index in [1.807, 2.05) is 0 Å². The zero-order valence-electron chi connectivity index (χ0n) is 13.7. The van der Waals surface area contributed by atoms with Gasteiger partial charge in [0.15, 0.2) is 0 Å². The molecule has 0 bridgehead atoms. The van der Waals surface area contributed by atoms with Gasteiger partial charge in [-0.3, -0.25) is 9.52 Å². The first-order chi connectivity index (χ1) is 11.6. The lowest BCUT2D eigenvalue weighted by Gasteiger charge is -2.23. The van der Waals surface area contributed by atoms with Crippen LogP contribution in [0.3, 0.4) is 0 Å². The van der Waals surface area contributed by atoms with Gasteiger partial charge in [0.1, 0.15) is 4.21 Å². The van der Waals surface area contributed by atoms with Gasteiger partial charge in [-0.05, 0) is 43.7 Å². The third-order valence-corrected chi connectivity index (χ3v) is 6.36. The molecule has 2 aromatic rings. The molecule has 0 radical (unpaired) electrons. The second-order valence-corrected chi connectivity index (χ2v) is 9.75. The smallest absolute Gasteiger partial charge is 0.271 e. The summed E-state index contributed by atoms with van der Waals surface area (Å²) in [4.78, 5) is 11.9. The minimum absolute atomic E-state index is 0.132. The van der Waals surface area contributed by atoms with Crippen molar-refractivity contribution in [2.75, 3.05) is 11.3 Å². The number of carbonyl (C=O) groups excluding carboxylic acids is 1. The monoisotopic (exact) mass is 402 g/mol. The Bertz CT molecular complexity index is 845. The van der Waals surface area contributed by atoms with Crippen LogP contribution in [0.15, 0.2) is 40.6 Å². The van der Waals surface area contributed by atoms with Gasteiger partial charge in [0, 0.05) is 5.69 Å². The zero-order chi connectivity index (χ0) is 18.7. The predicted molar refractivity (Wildman–Crippen MR) is 99.6 cm³/mol. The van der Waals surface area contributed by atoms with Crippen LogP contribution in [0.2, 0.25) is 4.34 Å². The Morgan fingerprint density at radius 3 is 2.36 bits per heavy atom. The molecule has 0 atom stereocenters. The molecule has 1 aromatic carbocycles. The van der Waals surface area contributed by atoms with E-state index in [9.17, 15) is 13.2 Å². The van der Waals surface area contributed by atoms with Crippen molar-refractivity contribution in [1.82, 2.24) is 5.32 Å². The Labute approximate surface area is 155 Å². The number of nitrogens with one attached hydrogen (secondary N) is 2. The number of anilines is 1. The van der Waals surface area contributed by atoms with Crippen molar-refractivity contribution in [2.45, 2.75) is 30.0 Å². The minimum Gasteiger partial charge on any atom is -0.394 e. The van der Waals surface area contributed by atoms with E-state index in [4.69, 9.17) is 16.7 Å². The zero-order valence-corrected chi connectivity index (χ0v) is 16.1. The van der Waals surface area contributed by atoms with E-state index in [0.717, 1.165) is 16.9 Å². The first-order valence-corrected chi connectivity index (χ1v) is 10.1. The van der Waals surface area contributed by atoms with Gasteiger partial charge in [-0.2, -0.15) is 0 Å². The largest absolute Gasteiger partial charge is 0.394 e. The number of carbonyl (C=O) groups is 1. The molecule has 1 aromatic heterocycles. The highest BCUT2D eigenvalue weighted by Crippen LogP contribution is 2.27. The molecule has 9 heteroatoms. The van der Waals surface area contributed by atoms with Crippen LogP contribution in [0, 0.1) is 0 Å². The number of sulfonamides is 1. The van der Waals surface area contributed by atoms with E-state index in [1.54, 1.807) is 38.1 Å². The van der Waals surface area contributed by atoms with Crippen molar-refractivity contribution in [3.8, 4) is 0 Å². The highest BCUT2D eigenvalue weighted by Gasteiger charge is 2.19. The molecule has 0 saturated carbocycles. The number of benzene rings is 1. The van der Waals surface area contributed by atoms with E-state index >= 15 is 0 Å². The van der Waals surface area contributed by atoms with Gasteiger partial charge >= 0.3 is 0 Å². The van der Waals surface area contributed by atoms with Crippen molar-refractivity contribution in [3.05, 3.63) is 46.3 Å². The second kappa shape index (κ2) is 7.74. The molecule has 0 aliphatic rings. The SMILES string of the molecule is CC(C)(CO)NC(=O)Cc1ccc(NS(=O)(=O)c2ccc(Cl)s2)cc1. The first-order valence-electron chi connectivity index (χ1n) is 7.40. The van der Waals surface area contributed by atoms with Crippen molar-refractivity contribution in [2.24, 2.45) is 0 Å². The Balaban J connectivity index is 2.01. The predicted octanol–water partition coefficient (Wildman–Crippen LogP) is 2.63. The van der Waals surface area contributed by atoms with E-state index in [2.05, 4.69) is 10.0 Å². The molecule has 136 valence electrons. The summed E-state index contributed by atoms with van der Waals surface area (Å²) in [6, 6.07) is 9.49. The van der Waals surface area contributed by atoms with Gasteiger partial charge in [0.25, 0.3) is 10.0 Å². The second-order valence-electron chi connectivity index (χ2n) is 6.13. The van der Waals surface area contributed by atoms with Crippen molar-refractivity contribution < 1.29 is 18.3 Å². The summed E-state index contributed by atoms with van der Waals surface area (Å²) in [5.74, 6) is -0.222. The van der Waals surface area contributed by atoms with E-state index < -0.39 is 15.6 Å². The van der Waals surface area contributed by atoms with Gasteiger partial charge in [-0.15, -0.1) is 11.3 Å². The van der Waals surface area contributed by atoms with Gasteiger partial charge in [-0.25, -0.2) is 8.42 Å². The van der Waals surface area contributed by atoms with Gasteiger partial charge < -0.3 is 10.4 Å². The van der Waals surface area contributed by atoms with Crippen molar-refractivity contribution >= 4 is 44.6 Å². The highest BCUT2D eigenvalue weighted by molar-refractivity contribution is 7.94. The minimum atomic E-state index is -3.68. The van der Waals surface area contributed by atoms with Crippen LogP contribution in [0.1, 0.15) is 19.4 Å². The molecular formula is C16H19ClN2O4S2. The molecule has 1 heterocycles. The fraction of sp³-hybridized carbons (Fsp3) is 0.312. The lowest BCUT2D eigenvalue weighted by Crippen LogP contribution is -2.46. The number of hydrogen-bond acceptors (Lipinski definition) is 5. The van der Waals surface area contributed by atoms with Crippen LogP contribution in [-0.4, -0.2) is 31.6 Å². The molecule has 3 N–H and O–H groups in total. The van der Waals surface area contributed by atoms with Crippen LogP contribution in [0.5, 0.6) is 0 Å². The summed E-state index contributed by atoms with van der Waals surface area (Å²) in [6.45, 7) is 3.28. The number of halogens is 1. The number of hydrogen-bond donors (Lipinski definition) is 3. The number of rotatable bonds is 7. The normalized spacial score (nSPS) is 12.0. The van der Waals surface area contributed by atoms with E-state index in [1.165, 1.54) is 12.1 Å². The summed E-state index contributed by atoms with van der Waals surface area (Å²) >= 11 is 6.74. The van der Waals surface area contributed by atoms with Crippen LogP contribution < -0.4 is 10.0 Å². The Kier molecular flexibility index (Phi) is 6.10. The van der Waals surface area contributed by atoms with E-state index in [0.29, 0.717) is 10.0 Å². The maximum absolute atomic E-state index is 12.2. The Hall–Kier alpha value is -1.61. The number of thiophene rings is 1. The first kappa shape index (κ1) is 19.7. The maximum Gasteiger partial charge on any atom is 0.271 e. The third-order valence-electron chi connectivity index (χ3n) is 3.26. The molecule has 0 aliphatic heterocycles. The highest BCUT2D eigenvalue weighted by atomic mass is 35.5. The average Bonchev–Trinajstić information content (AvgIpc) is 2.96. The Morgan fingerprint density at radius 2 is 1.84 bits per heavy atom. The molecule has 0 spiro atoms. The standard InChI is InChI=1S/C16H19ClN2O4S2/c1-16(2,10-20)18-14(21)9-11-3-5-12(6-4-11)19-25(22,23)15-8-7-13(17)24-15/h3-8,19-20H,9-10H2,1-2H3,(H,18,21). The summed E-state index contributed by atoms with van der Waals surface area (Å²) in [7, 11) is -3.68. The van der Waals surface area contributed by atoms with Crippen molar-refractivity contribution in [3.63, 3.8) is 0 Å². The fourth-order valence-electron chi connectivity index (χ4n) is 1.98. The lowest BCUT2D eigenvalue weighted by molar-refractivity contribution is -0.122. The quantitative estimate of drug-likeness (QED) is 0.663. The summed E-state index contributed by atoms with van der Waals surface area (Å²) in [5, 5.41) is 11.9. The van der Waals surface area contributed by atoms with Crippen LogP contribution in [-0.2, 0) is 21.2 Å². The van der Waals surface area contributed by atoms with Gasteiger partial charge in [-0.1, -0.05) is 23.7 Å². The molecule has 6 nitrogen and oxygen atoms in total. The van der Waals surface area contributed by atoms with Crippen molar-refractivity contribution in [1.29, 1.82) is 0 Å². The fourth-order valence-corrected chi connectivity index (χ4v) is 4.53. The summed E-state index contributed by atoms with van der Waals surface area (Å²) in [5.41, 5.74) is 0.437. The molecular weight excluding hydrogens is 384 g/mol. The molecule has 0 fully saturated rings. The topological polar surface area (TPSA) is 95.5 Å². The maximum atomic E-state index is 12.2. The molecule has 0 aliphatic carbocycles. The lowest BCUT2D eigenvalue weighted by atomic mass is 10.1. The van der Waals surface area contributed by atoms with Crippen LogP contribution in [0.4, 0.5) is 5.69 Å². The third kappa shape index (κ3) is 5.71. The van der Waals surface area contributed by atoms with Gasteiger partial charge in [0.2, 0.25) is 5.91 Å². The number of aliphatic hydroxyl groups excluding tert-OH is 1. The molecule has 1 amide bonds. The Morgan fingerprint density at radius 1 is 1.20 bits per heavy atom. The average molecular weight is 403 g/mol. The summed E-state index contributed by atoms with van der Waals surface area (Å²) in [6.07, 6.45) is 0.136. The number of aliphatic hydroxyl groups is 1. The molecule has 2 rings (SSSR count). The molecule has 0 saturated heterocycles. The summed E-state index contributed by atoms with van der Waals surface area (Å²) < 4.78 is 27.4. The molecule has 0 unspecified atom stereocenters. The van der Waals surface area contributed by atoms with Crippen LogP contribution >= 0.6 is 22.9 Å². The molecule has 25 heavy (non-hydrogen) atoms. The number of amides is 1. The van der Waals surface area contributed by atoms with Crippen LogP contribution in [0.25, 0.3) is 0 Å².